The number of nitrogens with zero attached hydrogens (tertiary/aromatic N) is 2. The summed E-state index contributed by atoms with van der Waals surface area (Å²) < 4.78 is 60.8. The second-order valence-electron chi connectivity index (χ2n) is 4.52. The Bertz CT molecular complexity index is 630. The third-order valence-electron chi connectivity index (χ3n) is 2.78. The fourth-order valence-electron chi connectivity index (χ4n) is 1.50. The summed E-state index contributed by atoms with van der Waals surface area (Å²) in [5.41, 5.74) is -0.0547. The SMILES string of the molecule is CN(C[C@H](O)C(F)(F)F)S(=O)(=O)Cc1ccc([N+](=O)[O-])cc1. The van der Waals surface area contributed by atoms with Crippen LogP contribution in [0.5, 0.6) is 0 Å². The minimum Gasteiger partial charge on any atom is -0.382 e. The smallest absolute Gasteiger partial charge is 0.382 e. The zero-order valence-corrected chi connectivity index (χ0v) is 12.1. The highest BCUT2D eigenvalue weighted by Gasteiger charge is 2.40. The molecule has 0 fully saturated rings. The van der Waals surface area contributed by atoms with Crippen molar-refractivity contribution in [2.75, 3.05) is 13.6 Å². The Balaban J connectivity index is 2.80. The van der Waals surface area contributed by atoms with Crippen molar-refractivity contribution in [2.24, 2.45) is 0 Å². The molecule has 0 radical (unpaired) electrons. The van der Waals surface area contributed by atoms with E-state index >= 15 is 0 Å². The Morgan fingerprint density at radius 1 is 1.32 bits per heavy atom. The van der Waals surface area contributed by atoms with Crippen LogP contribution in [0.25, 0.3) is 0 Å². The first-order valence-corrected chi connectivity index (χ1v) is 7.46. The molecule has 1 N–H and O–H groups in total. The third kappa shape index (κ3) is 4.93. The van der Waals surface area contributed by atoms with Crippen LogP contribution in [-0.2, 0) is 15.8 Å². The number of rotatable bonds is 6. The number of hydrogen-bond acceptors (Lipinski definition) is 5. The van der Waals surface area contributed by atoms with Gasteiger partial charge in [0.1, 0.15) is 0 Å². The summed E-state index contributed by atoms with van der Waals surface area (Å²) in [5, 5.41) is 19.3. The van der Waals surface area contributed by atoms with E-state index in [1.807, 2.05) is 0 Å². The van der Waals surface area contributed by atoms with E-state index in [2.05, 4.69) is 0 Å². The summed E-state index contributed by atoms with van der Waals surface area (Å²) in [5.74, 6) is -0.633. The summed E-state index contributed by atoms with van der Waals surface area (Å²) in [7, 11) is -3.19. The third-order valence-corrected chi connectivity index (χ3v) is 4.58. The molecular formula is C11H13F3N2O5S. The van der Waals surface area contributed by atoms with Gasteiger partial charge in [0.2, 0.25) is 10.0 Å². The number of nitro groups is 1. The molecule has 22 heavy (non-hydrogen) atoms. The van der Waals surface area contributed by atoms with Crippen LogP contribution in [0.2, 0.25) is 0 Å². The minimum absolute atomic E-state index is 0.180. The Hall–Kier alpha value is -1.72. The second-order valence-corrected chi connectivity index (χ2v) is 6.59. The van der Waals surface area contributed by atoms with Gasteiger partial charge in [0.15, 0.2) is 6.10 Å². The van der Waals surface area contributed by atoms with Gasteiger partial charge >= 0.3 is 6.18 Å². The van der Waals surface area contributed by atoms with Crippen molar-refractivity contribution in [3.8, 4) is 0 Å². The lowest BCUT2D eigenvalue weighted by atomic mass is 10.2. The average Bonchev–Trinajstić information content (AvgIpc) is 2.37. The first-order chi connectivity index (χ1) is 9.93. The van der Waals surface area contributed by atoms with Crippen molar-refractivity contribution in [1.82, 2.24) is 4.31 Å². The molecule has 0 heterocycles. The summed E-state index contributed by atoms with van der Waals surface area (Å²) >= 11 is 0. The van der Waals surface area contributed by atoms with E-state index in [1.165, 1.54) is 12.1 Å². The van der Waals surface area contributed by atoms with E-state index in [9.17, 15) is 31.7 Å². The molecule has 0 saturated heterocycles. The lowest BCUT2D eigenvalue weighted by Gasteiger charge is -2.22. The molecule has 0 aliphatic carbocycles. The van der Waals surface area contributed by atoms with Crippen LogP contribution in [0.3, 0.4) is 0 Å². The monoisotopic (exact) mass is 342 g/mol. The number of sulfonamides is 1. The maximum absolute atomic E-state index is 12.2. The number of alkyl halides is 3. The number of non-ortho nitro benzene ring substituents is 1. The standard InChI is InChI=1S/C11H13F3N2O5S/c1-15(6-10(17)11(12,13)14)22(20,21)7-8-2-4-9(5-3-8)16(18)19/h2-5,10,17H,6-7H2,1H3/t10-/m0/s1. The maximum Gasteiger partial charge on any atom is 0.415 e. The van der Waals surface area contributed by atoms with Crippen LogP contribution in [-0.4, -0.2) is 48.6 Å². The molecule has 0 bridgehead atoms. The van der Waals surface area contributed by atoms with Crippen LogP contribution in [0.15, 0.2) is 24.3 Å². The van der Waals surface area contributed by atoms with Crippen LogP contribution in [0.4, 0.5) is 18.9 Å². The quantitative estimate of drug-likeness (QED) is 0.620. The number of nitro benzene ring substituents is 1. The van der Waals surface area contributed by atoms with Crippen LogP contribution < -0.4 is 0 Å². The molecule has 0 unspecified atom stereocenters. The highest BCUT2D eigenvalue weighted by Crippen LogP contribution is 2.22. The molecule has 11 heteroatoms. The van der Waals surface area contributed by atoms with Gasteiger partial charge in [0, 0.05) is 25.7 Å². The van der Waals surface area contributed by atoms with E-state index in [0.29, 0.717) is 4.31 Å². The Morgan fingerprint density at radius 2 is 1.82 bits per heavy atom. The molecule has 1 atom stereocenters. The highest BCUT2D eigenvalue weighted by atomic mass is 32.2. The molecule has 1 aromatic rings. The summed E-state index contributed by atoms with van der Waals surface area (Å²) in [4.78, 5) is 9.80. The molecule has 1 rings (SSSR count). The predicted molar refractivity (Wildman–Crippen MR) is 70.4 cm³/mol. The topological polar surface area (TPSA) is 101 Å². The number of aliphatic hydroxyl groups is 1. The lowest BCUT2D eigenvalue weighted by Crippen LogP contribution is -2.42. The first kappa shape index (κ1) is 18.3. The minimum atomic E-state index is -4.92. The van der Waals surface area contributed by atoms with Gasteiger partial charge in [-0.05, 0) is 5.56 Å². The van der Waals surface area contributed by atoms with E-state index in [1.54, 1.807) is 0 Å². The van der Waals surface area contributed by atoms with Gasteiger partial charge in [-0.2, -0.15) is 13.2 Å². The van der Waals surface area contributed by atoms with Crippen molar-refractivity contribution in [2.45, 2.75) is 18.0 Å². The lowest BCUT2D eigenvalue weighted by molar-refractivity contribution is -0.384. The van der Waals surface area contributed by atoms with Crippen LogP contribution >= 0.6 is 0 Å². The number of aliphatic hydroxyl groups excluding tert-OH is 1. The molecule has 0 aliphatic heterocycles. The average molecular weight is 342 g/mol. The van der Waals surface area contributed by atoms with Gasteiger partial charge in [0.05, 0.1) is 10.7 Å². The van der Waals surface area contributed by atoms with Crippen LogP contribution in [0, 0.1) is 10.1 Å². The molecule has 124 valence electrons. The van der Waals surface area contributed by atoms with Gasteiger partial charge in [-0.15, -0.1) is 0 Å². The molecule has 0 aromatic heterocycles. The van der Waals surface area contributed by atoms with Crippen molar-refractivity contribution < 1.29 is 31.6 Å². The fraction of sp³-hybridized carbons (Fsp3) is 0.455. The normalized spacial score (nSPS) is 14.1. The molecule has 0 aliphatic rings. The largest absolute Gasteiger partial charge is 0.415 e. The predicted octanol–water partition coefficient (Wildman–Crippen LogP) is 1.28. The van der Waals surface area contributed by atoms with Gasteiger partial charge in [-0.3, -0.25) is 10.1 Å². The van der Waals surface area contributed by atoms with Gasteiger partial charge in [-0.1, -0.05) is 12.1 Å². The number of likely N-dealkylation sites (N-methyl/N-ethyl adjacent to an activating group) is 1. The Kier molecular flexibility index (Phi) is 5.49. The highest BCUT2D eigenvalue weighted by molar-refractivity contribution is 7.88. The molecule has 1 aromatic carbocycles. The zero-order valence-electron chi connectivity index (χ0n) is 11.3. The second kappa shape index (κ2) is 6.58. The Morgan fingerprint density at radius 3 is 2.23 bits per heavy atom. The molecule has 0 amide bonds. The number of benzene rings is 1. The van der Waals surface area contributed by atoms with Crippen molar-refractivity contribution in [3.05, 3.63) is 39.9 Å². The molecule has 7 nitrogen and oxygen atoms in total. The fourth-order valence-corrected chi connectivity index (χ4v) is 2.70. The van der Waals surface area contributed by atoms with E-state index in [-0.39, 0.29) is 11.3 Å². The zero-order chi connectivity index (χ0) is 17.1. The van der Waals surface area contributed by atoms with Gasteiger partial charge < -0.3 is 5.11 Å². The van der Waals surface area contributed by atoms with Crippen LogP contribution in [0.1, 0.15) is 5.56 Å². The summed E-state index contributed by atoms with van der Waals surface area (Å²) in [6.45, 7) is -1.13. The van der Waals surface area contributed by atoms with E-state index < -0.39 is 39.5 Å². The van der Waals surface area contributed by atoms with Crippen molar-refractivity contribution in [1.29, 1.82) is 0 Å². The summed E-state index contributed by atoms with van der Waals surface area (Å²) in [6.07, 6.45) is -7.71. The van der Waals surface area contributed by atoms with Crippen molar-refractivity contribution >= 4 is 15.7 Å². The van der Waals surface area contributed by atoms with Gasteiger partial charge in [0.25, 0.3) is 5.69 Å². The van der Waals surface area contributed by atoms with Gasteiger partial charge in [-0.25, -0.2) is 12.7 Å². The molecular weight excluding hydrogens is 329 g/mol. The molecule has 0 saturated carbocycles. The van der Waals surface area contributed by atoms with E-state index in [0.717, 1.165) is 19.2 Å². The first-order valence-electron chi connectivity index (χ1n) is 5.85. The number of hydrogen-bond donors (Lipinski definition) is 1. The summed E-state index contributed by atoms with van der Waals surface area (Å²) in [6, 6.07) is 4.58. The molecule has 0 spiro atoms. The van der Waals surface area contributed by atoms with Crippen molar-refractivity contribution in [3.63, 3.8) is 0 Å². The Labute approximate surface area is 124 Å². The number of halogens is 3. The van der Waals surface area contributed by atoms with E-state index in [4.69, 9.17) is 5.11 Å². The maximum atomic E-state index is 12.2.